The van der Waals surface area contributed by atoms with E-state index in [1.54, 1.807) is 6.20 Å². The minimum Gasteiger partial charge on any atom is -0.380 e. The Morgan fingerprint density at radius 1 is 1.63 bits per heavy atom. The number of halogens is 1. The van der Waals surface area contributed by atoms with Crippen LogP contribution in [0.4, 0.5) is 5.69 Å². The van der Waals surface area contributed by atoms with Crippen LogP contribution in [0.15, 0.2) is 15.5 Å². The molecular weight excluding hydrogens is 312 g/mol. The molecule has 0 amide bonds. The molecule has 1 saturated heterocycles. The van der Waals surface area contributed by atoms with Crippen molar-refractivity contribution < 1.29 is 4.74 Å². The summed E-state index contributed by atoms with van der Waals surface area (Å²) in [5.41, 5.74) is 0.598. The first-order valence-electron chi connectivity index (χ1n) is 6.41. The van der Waals surface area contributed by atoms with Gasteiger partial charge in [-0.05, 0) is 29.9 Å². The standard InChI is InChI=1S/C12H19BrN4O2/c1-3-17-12(18)11(13)10(7-15-17)14-6-9-8-16(2)4-5-19-9/h7,9,14H,3-6,8H2,1-2H3. The fourth-order valence-electron chi connectivity index (χ4n) is 2.03. The first-order chi connectivity index (χ1) is 9.11. The van der Waals surface area contributed by atoms with Gasteiger partial charge in [-0.25, -0.2) is 4.68 Å². The van der Waals surface area contributed by atoms with Crippen LogP contribution in [-0.4, -0.2) is 54.1 Å². The highest BCUT2D eigenvalue weighted by atomic mass is 79.9. The van der Waals surface area contributed by atoms with Crippen molar-refractivity contribution in [2.45, 2.75) is 19.6 Å². The zero-order valence-electron chi connectivity index (χ0n) is 11.2. The maximum Gasteiger partial charge on any atom is 0.283 e. The van der Waals surface area contributed by atoms with Crippen LogP contribution in [0.25, 0.3) is 0 Å². The molecule has 1 fully saturated rings. The van der Waals surface area contributed by atoms with Gasteiger partial charge in [-0.2, -0.15) is 5.10 Å². The van der Waals surface area contributed by atoms with Crippen molar-refractivity contribution in [2.24, 2.45) is 0 Å². The van der Waals surface area contributed by atoms with Crippen molar-refractivity contribution in [3.63, 3.8) is 0 Å². The number of nitrogens with zero attached hydrogens (tertiary/aromatic N) is 3. The number of nitrogens with one attached hydrogen (secondary N) is 1. The predicted octanol–water partition coefficient (Wildman–Crippen LogP) is 0.768. The fraction of sp³-hybridized carbons (Fsp3) is 0.667. The third-order valence-electron chi connectivity index (χ3n) is 3.15. The van der Waals surface area contributed by atoms with Gasteiger partial charge in [0.25, 0.3) is 5.56 Å². The zero-order chi connectivity index (χ0) is 13.8. The highest BCUT2D eigenvalue weighted by Crippen LogP contribution is 2.16. The van der Waals surface area contributed by atoms with E-state index < -0.39 is 0 Å². The summed E-state index contributed by atoms with van der Waals surface area (Å²) in [6.45, 7) is 5.73. The Labute approximate surface area is 120 Å². The average Bonchev–Trinajstić information content (AvgIpc) is 2.41. The van der Waals surface area contributed by atoms with Gasteiger partial charge in [0.15, 0.2) is 0 Å². The van der Waals surface area contributed by atoms with E-state index in [1.807, 2.05) is 6.92 Å². The summed E-state index contributed by atoms with van der Waals surface area (Å²) < 4.78 is 7.60. The van der Waals surface area contributed by atoms with Gasteiger partial charge in [0, 0.05) is 26.2 Å². The molecular formula is C12H19BrN4O2. The molecule has 1 aliphatic heterocycles. The Morgan fingerprint density at radius 3 is 3.11 bits per heavy atom. The highest BCUT2D eigenvalue weighted by Gasteiger charge is 2.18. The summed E-state index contributed by atoms with van der Waals surface area (Å²) >= 11 is 3.32. The Kier molecular flexibility index (Phi) is 4.95. The van der Waals surface area contributed by atoms with E-state index in [4.69, 9.17) is 4.74 Å². The predicted molar refractivity (Wildman–Crippen MR) is 77.6 cm³/mol. The summed E-state index contributed by atoms with van der Waals surface area (Å²) in [5.74, 6) is 0. The van der Waals surface area contributed by atoms with Crippen molar-refractivity contribution in [2.75, 3.05) is 38.6 Å². The summed E-state index contributed by atoms with van der Waals surface area (Å²) in [6, 6.07) is 0. The zero-order valence-corrected chi connectivity index (χ0v) is 12.8. The molecule has 0 spiro atoms. The van der Waals surface area contributed by atoms with Gasteiger partial charge in [0.2, 0.25) is 0 Å². The average molecular weight is 331 g/mol. The molecule has 1 unspecified atom stereocenters. The number of anilines is 1. The molecule has 0 bridgehead atoms. The molecule has 6 nitrogen and oxygen atoms in total. The van der Waals surface area contributed by atoms with Crippen LogP contribution < -0.4 is 10.9 Å². The number of morpholine rings is 1. The van der Waals surface area contributed by atoms with Gasteiger partial charge in [0.05, 0.1) is 24.6 Å². The van der Waals surface area contributed by atoms with Crippen molar-refractivity contribution in [1.82, 2.24) is 14.7 Å². The topological polar surface area (TPSA) is 59.4 Å². The number of aryl methyl sites for hydroxylation is 1. The van der Waals surface area contributed by atoms with E-state index in [0.717, 1.165) is 19.7 Å². The largest absolute Gasteiger partial charge is 0.380 e. The molecule has 1 aromatic rings. The quantitative estimate of drug-likeness (QED) is 0.883. The number of aromatic nitrogens is 2. The third kappa shape index (κ3) is 3.55. The van der Waals surface area contributed by atoms with Crippen molar-refractivity contribution >= 4 is 21.6 Å². The van der Waals surface area contributed by atoms with E-state index >= 15 is 0 Å². The first kappa shape index (κ1) is 14.5. The van der Waals surface area contributed by atoms with Crippen LogP contribution in [0, 0.1) is 0 Å². The molecule has 7 heteroatoms. The molecule has 1 aromatic heterocycles. The Balaban J connectivity index is 2.00. The van der Waals surface area contributed by atoms with Crippen LogP contribution in [0.5, 0.6) is 0 Å². The smallest absolute Gasteiger partial charge is 0.283 e. The molecule has 0 saturated carbocycles. The molecule has 1 atom stereocenters. The van der Waals surface area contributed by atoms with Crippen molar-refractivity contribution in [1.29, 1.82) is 0 Å². The van der Waals surface area contributed by atoms with Crippen LogP contribution in [-0.2, 0) is 11.3 Å². The van der Waals surface area contributed by atoms with Crippen LogP contribution in [0.3, 0.4) is 0 Å². The van der Waals surface area contributed by atoms with E-state index in [2.05, 4.69) is 38.3 Å². The number of hydrogen-bond acceptors (Lipinski definition) is 5. The van der Waals surface area contributed by atoms with Crippen LogP contribution in [0.2, 0.25) is 0 Å². The minimum absolute atomic E-state index is 0.116. The van der Waals surface area contributed by atoms with E-state index in [-0.39, 0.29) is 11.7 Å². The summed E-state index contributed by atoms with van der Waals surface area (Å²) in [4.78, 5) is 14.1. The molecule has 0 aliphatic carbocycles. The Bertz CT molecular complexity index is 491. The molecule has 0 radical (unpaired) electrons. The van der Waals surface area contributed by atoms with Gasteiger partial charge in [-0.3, -0.25) is 4.79 Å². The Hall–Kier alpha value is -0.920. The van der Waals surface area contributed by atoms with Gasteiger partial charge in [0.1, 0.15) is 4.47 Å². The number of hydrogen-bond donors (Lipinski definition) is 1. The van der Waals surface area contributed by atoms with Crippen LogP contribution in [0.1, 0.15) is 6.92 Å². The third-order valence-corrected chi connectivity index (χ3v) is 3.91. The van der Waals surface area contributed by atoms with E-state index in [1.165, 1.54) is 4.68 Å². The Morgan fingerprint density at radius 2 is 2.42 bits per heavy atom. The van der Waals surface area contributed by atoms with Gasteiger partial charge in [-0.15, -0.1) is 0 Å². The fourth-order valence-corrected chi connectivity index (χ4v) is 2.47. The molecule has 19 heavy (non-hydrogen) atoms. The molecule has 2 rings (SSSR count). The number of rotatable bonds is 4. The molecule has 0 aromatic carbocycles. The maximum absolute atomic E-state index is 11.9. The lowest BCUT2D eigenvalue weighted by Gasteiger charge is -2.30. The van der Waals surface area contributed by atoms with Crippen LogP contribution >= 0.6 is 15.9 Å². The highest BCUT2D eigenvalue weighted by molar-refractivity contribution is 9.10. The molecule has 106 valence electrons. The molecule has 1 aliphatic rings. The lowest BCUT2D eigenvalue weighted by Crippen LogP contribution is -2.43. The lowest BCUT2D eigenvalue weighted by molar-refractivity contribution is -0.0117. The van der Waals surface area contributed by atoms with E-state index in [0.29, 0.717) is 23.2 Å². The monoisotopic (exact) mass is 330 g/mol. The number of likely N-dealkylation sites (N-methyl/N-ethyl adjacent to an activating group) is 1. The van der Waals surface area contributed by atoms with Gasteiger partial charge >= 0.3 is 0 Å². The summed E-state index contributed by atoms with van der Waals surface area (Å²) in [5, 5.41) is 7.32. The molecule has 2 heterocycles. The van der Waals surface area contributed by atoms with E-state index in [9.17, 15) is 4.79 Å². The SMILES string of the molecule is CCn1ncc(NCC2CN(C)CCO2)c(Br)c1=O. The van der Waals surface area contributed by atoms with Gasteiger partial charge in [-0.1, -0.05) is 0 Å². The van der Waals surface area contributed by atoms with Gasteiger partial charge < -0.3 is 15.0 Å². The van der Waals surface area contributed by atoms with Crippen molar-refractivity contribution in [3.8, 4) is 0 Å². The second kappa shape index (κ2) is 6.49. The summed E-state index contributed by atoms with van der Waals surface area (Å²) in [7, 11) is 2.08. The summed E-state index contributed by atoms with van der Waals surface area (Å²) in [6.07, 6.45) is 1.81. The molecule has 1 N–H and O–H groups in total. The number of ether oxygens (including phenoxy) is 1. The first-order valence-corrected chi connectivity index (χ1v) is 7.20. The maximum atomic E-state index is 11.9. The lowest BCUT2D eigenvalue weighted by atomic mass is 10.3. The minimum atomic E-state index is -0.116. The van der Waals surface area contributed by atoms with Crippen molar-refractivity contribution in [3.05, 3.63) is 21.0 Å². The second-order valence-corrected chi connectivity index (χ2v) is 5.42. The second-order valence-electron chi connectivity index (χ2n) is 4.63. The normalized spacial score (nSPS) is 20.5.